The lowest BCUT2D eigenvalue weighted by atomic mass is 10.1. The van der Waals surface area contributed by atoms with Crippen LogP contribution in [0.5, 0.6) is 0 Å². The highest BCUT2D eigenvalue weighted by Gasteiger charge is 2.18. The highest BCUT2D eigenvalue weighted by atomic mass is 32.2. The minimum atomic E-state index is -0.665. The molecule has 0 fully saturated rings. The Kier molecular flexibility index (Phi) is 9.43. The van der Waals surface area contributed by atoms with Crippen LogP contribution in [-0.4, -0.2) is 28.4 Å². The summed E-state index contributed by atoms with van der Waals surface area (Å²) in [5, 5.41) is 21.8. The van der Waals surface area contributed by atoms with E-state index in [2.05, 4.69) is 16.0 Å². The van der Waals surface area contributed by atoms with Crippen LogP contribution in [0.25, 0.3) is 16.8 Å². The van der Waals surface area contributed by atoms with Crippen LogP contribution in [0.1, 0.15) is 15.9 Å². The van der Waals surface area contributed by atoms with Gasteiger partial charge in [0.15, 0.2) is 0 Å². The normalized spacial score (nSPS) is 11.0. The van der Waals surface area contributed by atoms with Crippen molar-refractivity contribution in [1.29, 1.82) is 0 Å². The molecule has 10 heteroatoms. The van der Waals surface area contributed by atoms with Gasteiger partial charge in [-0.1, -0.05) is 66.7 Å². The first-order valence-corrected chi connectivity index (χ1v) is 14.5. The summed E-state index contributed by atoms with van der Waals surface area (Å²) >= 11 is 1.34. The van der Waals surface area contributed by atoms with Gasteiger partial charge in [0, 0.05) is 33.3 Å². The molecule has 5 aromatic carbocycles. The number of nitro benzene ring substituents is 1. The zero-order valence-electron chi connectivity index (χ0n) is 23.2. The molecule has 0 radical (unpaired) electrons. The Hall–Kier alpha value is -5.74. The second-order valence-corrected chi connectivity index (χ2v) is 10.6. The summed E-state index contributed by atoms with van der Waals surface area (Å²) in [5.74, 6) is -1.17. The monoisotopic (exact) mass is 602 g/mol. The van der Waals surface area contributed by atoms with Crippen molar-refractivity contribution in [3.63, 3.8) is 0 Å². The minimum Gasteiger partial charge on any atom is -0.325 e. The Morgan fingerprint density at radius 3 is 2.20 bits per heavy atom. The molecule has 0 atom stereocenters. The highest BCUT2D eigenvalue weighted by Crippen LogP contribution is 2.25. The fourth-order valence-electron chi connectivity index (χ4n) is 4.38. The summed E-state index contributed by atoms with van der Waals surface area (Å²) in [6, 6.07) is 34.7. The zero-order chi connectivity index (χ0) is 30.9. The van der Waals surface area contributed by atoms with Crippen molar-refractivity contribution < 1.29 is 19.3 Å². The Labute approximate surface area is 257 Å². The lowest BCUT2D eigenvalue weighted by Gasteiger charge is -2.12. The topological polar surface area (TPSA) is 130 Å². The number of para-hydroxylation sites is 1. The predicted octanol–water partition coefficient (Wildman–Crippen LogP) is 6.89. The number of fused-ring (bicyclic) bond motifs is 1. The molecule has 5 aromatic rings. The van der Waals surface area contributed by atoms with Crippen LogP contribution in [0.15, 0.2) is 132 Å². The Balaban J connectivity index is 1.26. The molecule has 3 amide bonds. The standard InChI is InChI=1S/C34H26N4O5S/c39-32(36-29-15-8-13-23-9-4-6-14-28(23)29)22-44-27-19-17-26(18-20-27)35-34(41)30(37-33(40)24-10-2-1-3-11-24)21-25-12-5-7-16-31(25)38(42)43/h1-21H,22H2,(H,35,41)(H,36,39)(H,37,40)/b30-21-. The van der Waals surface area contributed by atoms with Gasteiger partial charge in [0.1, 0.15) is 5.70 Å². The van der Waals surface area contributed by atoms with E-state index >= 15 is 0 Å². The molecule has 0 aliphatic heterocycles. The summed E-state index contributed by atoms with van der Waals surface area (Å²) in [6.45, 7) is 0. The minimum absolute atomic E-state index is 0.150. The molecule has 0 saturated carbocycles. The average Bonchev–Trinajstić information content (AvgIpc) is 3.05. The van der Waals surface area contributed by atoms with Crippen molar-refractivity contribution in [3.05, 3.63) is 148 Å². The lowest BCUT2D eigenvalue weighted by Crippen LogP contribution is -2.30. The Bertz CT molecular complexity index is 1870. The van der Waals surface area contributed by atoms with Gasteiger partial charge < -0.3 is 16.0 Å². The largest absolute Gasteiger partial charge is 0.325 e. The van der Waals surface area contributed by atoms with Crippen molar-refractivity contribution in [2.24, 2.45) is 0 Å². The van der Waals surface area contributed by atoms with Gasteiger partial charge in [-0.25, -0.2) is 0 Å². The summed E-state index contributed by atoms with van der Waals surface area (Å²) in [7, 11) is 0. The van der Waals surface area contributed by atoms with Crippen LogP contribution >= 0.6 is 11.8 Å². The van der Waals surface area contributed by atoms with E-state index in [0.717, 1.165) is 21.4 Å². The molecule has 0 bridgehead atoms. The first-order valence-electron chi connectivity index (χ1n) is 13.5. The fraction of sp³-hybridized carbons (Fsp3) is 0.0294. The number of amides is 3. The van der Waals surface area contributed by atoms with Gasteiger partial charge in [-0.05, 0) is 60.0 Å². The smallest absolute Gasteiger partial charge is 0.276 e. The van der Waals surface area contributed by atoms with E-state index in [1.165, 1.54) is 36.0 Å². The summed E-state index contributed by atoms with van der Waals surface area (Å²) < 4.78 is 0. The Morgan fingerprint density at radius 2 is 1.43 bits per heavy atom. The van der Waals surface area contributed by atoms with Gasteiger partial charge in [0.05, 0.1) is 16.2 Å². The van der Waals surface area contributed by atoms with Gasteiger partial charge in [-0.15, -0.1) is 11.8 Å². The third-order valence-electron chi connectivity index (χ3n) is 6.51. The maximum Gasteiger partial charge on any atom is 0.276 e. The lowest BCUT2D eigenvalue weighted by molar-refractivity contribution is -0.385. The predicted molar refractivity (Wildman–Crippen MR) is 173 cm³/mol. The Morgan fingerprint density at radius 1 is 0.750 bits per heavy atom. The van der Waals surface area contributed by atoms with Crippen molar-refractivity contribution in [2.75, 3.05) is 16.4 Å². The second-order valence-electron chi connectivity index (χ2n) is 9.54. The molecule has 44 heavy (non-hydrogen) atoms. The number of carbonyl (C=O) groups excluding carboxylic acids is 3. The molecule has 218 valence electrons. The van der Waals surface area contributed by atoms with Crippen LogP contribution in [0, 0.1) is 10.1 Å². The SMILES string of the molecule is O=C(CSc1ccc(NC(=O)/C(=C/c2ccccc2[N+](=O)[O-])NC(=O)c2ccccc2)cc1)Nc1cccc2ccccc12. The number of nitrogens with zero attached hydrogens (tertiary/aromatic N) is 1. The van der Waals surface area contributed by atoms with E-state index in [1.807, 2.05) is 42.5 Å². The quantitative estimate of drug-likeness (QED) is 0.0691. The van der Waals surface area contributed by atoms with Gasteiger partial charge in [-0.2, -0.15) is 0 Å². The van der Waals surface area contributed by atoms with Gasteiger partial charge >= 0.3 is 0 Å². The van der Waals surface area contributed by atoms with E-state index in [0.29, 0.717) is 11.3 Å². The number of hydrogen-bond acceptors (Lipinski definition) is 6. The van der Waals surface area contributed by atoms with E-state index in [-0.39, 0.29) is 28.6 Å². The molecule has 0 aliphatic carbocycles. The third kappa shape index (κ3) is 7.55. The summed E-state index contributed by atoms with van der Waals surface area (Å²) in [6.07, 6.45) is 1.27. The molecular formula is C34H26N4O5S. The first-order chi connectivity index (χ1) is 21.4. The van der Waals surface area contributed by atoms with E-state index in [9.17, 15) is 24.5 Å². The fourth-order valence-corrected chi connectivity index (χ4v) is 5.07. The average molecular weight is 603 g/mol. The van der Waals surface area contributed by atoms with Crippen molar-refractivity contribution in [2.45, 2.75) is 4.90 Å². The van der Waals surface area contributed by atoms with Gasteiger partial charge in [0.2, 0.25) is 5.91 Å². The number of benzene rings is 5. The highest BCUT2D eigenvalue weighted by molar-refractivity contribution is 8.00. The summed E-state index contributed by atoms with van der Waals surface area (Å²) in [4.78, 5) is 50.6. The number of hydrogen-bond donors (Lipinski definition) is 3. The molecule has 0 heterocycles. The number of nitro groups is 1. The van der Waals surface area contributed by atoms with Crippen LogP contribution in [0.4, 0.5) is 17.1 Å². The molecule has 0 saturated heterocycles. The third-order valence-corrected chi connectivity index (χ3v) is 7.52. The maximum absolute atomic E-state index is 13.3. The zero-order valence-corrected chi connectivity index (χ0v) is 24.0. The molecule has 9 nitrogen and oxygen atoms in total. The summed E-state index contributed by atoms with van der Waals surface area (Å²) in [5.41, 5.74) is 1.27. The first kappa shape index (κ1) is 29.7. The second kappa shape index (κ2) is 14.0. The number of nitrogens with one attached hydrogen (secondary N) is 3. The number of carbonyl (C=O) groups is 3. The molecule has 0 aliphatic rings. The van der Waals surface area contributed by atoms with Crippen LogP contribution < -0.4 is 16.0 Å². The molecule has 0 aromatic heterocycles. The molecule has 0 spiro atoms. The maximum atomic E-state index is 13.3. The molecule has 5 rings (SSSR count). The van der Waals surface area contributed by atoms with Gasteiger partial charge in [-0.3, -0.25) is 24.5 Å². The molecular weight excluding hydrogens is 576 g/mol. The van der Waals surface area contributed by atoms with Crippen LogP contribution in [0.2, 0.25) is 0 Å². The number of anilines is 2. The van der Waals surface area contributed by atoms with Crippen molar-refractivity contribution >= 4 is 63.4 Å². The van der Waals surface area contributed by atoms with E-state index < -0.39 is 16.7 Å². The molecule has 3 N–H and O–H groups in total. The van der Waals surface area contributed by atoms with Crippen molar-refractivity contribution in [1.82, 2.24) is 5.32 Å². The van der Waals surface area contributed by atoms with Crippen molar-refractivity contribution in [3.8, 4) is 0 Å². The van der Waals surface area contributed by atoms with E-state index in [1.54, 1.807) is 60.7 Å². The van der Waals surface area contributed by atoms with Crippen LogP contribution in [0.3, 0.4) is 0 Å². The van der Waals surface area contributed by atoms with Crippen LogP contribution in [-0.2, 0) is 9.59 Å². The molecule has 0 unspecified atom stereocenters. The van der Waals surface area contributed by atoms with Gasteiger partial charge in [0.25, 0.3) is 17.5 Å². The van der Waals surface area contributed by atoms with E-state index in [4.69, 9.17) is 0 Å². The number of rotatable bonds is 10. The number of thioether (sulfide) groups is 1.